The highest BCUT2D eigenvalue weighted by Gasteiger charge is 2.36. The number of phenols is 2. The normalized spacial score (nSPS) is 12.2. The molecule has 2 rings (SSSR count). The van der Waals surface area contributed by atoms with Crippen LogP contribution in [0.1, 0.15) is 16.7 Å². The highest BCUT2D eigenvalue weighted by atomic mass is 19.4. The number of aromatic hydroxyl groups is 2. The van der Waals surface area contributed by atoms with Crippen molar-refractivity contribution in [3.63, 3.8) is 0 Å². The summed E-state index contributed by atoms with van der Waals surface area (Å²) in [6.07, 6.45) is -9.89. The molecule has 0 aromatic heterocycles. The average Bonchev–Trinajstić information content (AvgIpc) is 2.42. The van der Waals surface area contributed by atoms with Gasteiger partial charge in [0.25, 0.3) is 0 Å². The van der Waals surface area contributed by atoms with Gasteiger partial charge < -0.3 is 14.9 Å². The molecule has 0 unspecified atom stereocenters. The van der Waals surface area contributed by atoms with Gasteiger partial charge in [-0.05, 0) is 23.8 Å². The van der Waals surface area contributed by atoms with Gasteiger partial charge in [0.2, 0.25) is 0 Å². The molecule has 3 nitrogen and oxygen atoms in total. The summed E-state index contributed by atoms with van der Waals surface area (Å²) in [5.74, 6) is -0.853. The first-order chi connectivity index (χ1) is 10.9. The second kappa shape index (κ2) is 6.14. The highest BCUT2D eigenvalue weighted by molar-refractivity contribution is 5.40. The van der Waals surface area contributed by atoms with E-state index in [0.717, 1.165) is 18.2 Å². The van der Waals surface area contributed by atoms with Gasteiger partial charge in [-0.15, -0.1) is 0 Å². The van der Waals surface area contributed by atoms with E-state index in [-0.39, 0.29) is 28.9 Å². The van der Waals surface area contributed by atoms with Gasteiger partial charge in [0.15, 0.2) is 0 Å². The number of phenolic OH excluding ortho intramolecular Hbond substituents is 2. The van der Waals surface area contributed by atoms with Gasteiger partial charge in [0.05, 0.1) is 11.1 Å². The summed E-state index contributed by atoms with van der Waals surface area (Å²) < 4.78 is 81.4. The first-order valence-corrected chi connectivity index (χ1v) is 6.39. The van der Waals surface area contributed by atoms with Gasteiger partial charge in [-0.1, -0.05) is 0 Å². The molecule has 0 radical (unpaired) electrons. The van der Waals surface area contributed by atoms with E-state index >= 15 is 0 Å². The van der Waals surface area contributed by atoms with E-state index < -0.39 is 30.1 Å². The zero-order valence-corrected chi connectivity index (χ0v) is 11.7. The Hall–Kier alpha value is -2.58. The molecule has 130 valence electrons. The Morgan fingerprint density at radius 3 is 1.58 bits per heavy atom. The Kier molecular flexibility index (Phi) is 4.54. The average molecular weight is 352 g/mol. The maximum absolute atomic E-state index is 12.7. The lowest BCUT2D eigenvalue weighted by atomic mass is 10.1. The molecule has 0 aliphatic rings. The molecule has 0 aliphatic carbocycles. The Morgan fingerprint density at radius 1 is 0.708 bits per heavy atom. The number of rotatable bonds is 3. The minimum atomic E-state index is -4.95. The van der Waals surface area contributed by atoms with Crippen LogP contribution in [0, 0.1) is 0 Å². The lowest BCUT2D eigenvalue weighted by Gasteiger charge is -2.14. The summed E-state index contributed by atoms with van der Waals surface area (Å²) >= 11 is 0. The fourth-order valence-electron chi connectivity index (χ4n) is 1.92. The maximum Gasteiger partial charge on any atom is 0.416 e. The highest BCUT2D eigenvalue weighted by Crippen LogP contribution is 2.36. The van der Waals surface area contributed by atoms with Gasteiger partial charge in [-0.2, -0.15) is 26.3 Å². The quantitative estimate of drug-likeness (QED) is 0.787. The van der Waals surface area contributed by atoms with E-state index in [1.54, 1.807) is 0 Å². The van der Waals surface area contributed by atoms with Crippen LogP contribution in [0.25, 0.3) is 0 Å². The number of halogens is 6. The van der Waals surface area contributed by atoms with Gasteiger partial charge in [0.1, 0.15) is 23.9 Å². The summed E-state index contributed by atoms with van der Waals surface area (Å²) in [6.45, 7) is -0.615. The third-order valence-corrected chi connectivity index (χ3v) is 2.93. The summed E-state index contributed by atoms with van der Waals surface area (Å²) in [7, 11) is 0. The SMILES string of the molecule is Oc1cc(O)cc(OCc2cc(C(F)(F)F)cc(C(F)(F)F)c2)c1. The Balaban J connectivity index is 2.32. The Labute approximate surface area is 131 Å². The first kappa shape index (κ1) is 17.8. The van der Waals surface area contributed by atoms with Gasteiger partial charge in [-0.25, -0.2) is 0 Å². The fraction of sp³-hybridized carbons (Fsp3) is 0.200. The molecule has 9 heteroatoms. The minimum absolute atomic E-state index is 0.0175. The molecule has 2 aromatic carbocycles. The molecule has 0 fully saturated rings. The van der Waals surface area contributed by atoms with Crippen molar-refractivity contribution in [1.29, 1.82) is 0 Å². The van der Waals surface area contributed by atoms with Crippen molar-refractivity contribution in [2.24, 2.45) is 0 Å². The molecule has 24 heavy (non-hydrogen) atoms. The second-order valence-electron chi connectivity index (χ2n) is 4.89. The lowest BCUT2D eigenvalue weighted by Crippen LogP contribution is -2.12. The summed E-state index contributed by atoms with van der Waals surface area (Å²) in [6, 6.07) is 4.19. The topological polar surface area (TPSA) is 49.7 Å². The molecule has 0 heterocycles. The number of benzene rings is 2. The van der Waals surface area contributed by atoms with Crippen LogP contribution < -0.4 is 4.74 Å². The molecule has 2 aromatic rings. The largest absolute Gasteiger partial charge is 0.508 e. The van der Waals surface area contributed by atoms with Crippen LogP contribution in [-0.4, -0.2) is 10.2 Å². The van der Waals surface area contributed by atoms with Crippen LogP contribution in [-0.2, 0) is 19.0 Å². The van der Waals surface area contributed by atoms with Gasteiger partial charge >= 0.3 is 12.4 Å². The Bertz CT molecular complexity index is 684. The molecule has 0 saturated heterocycles. The van der Waals surface area contributed by atoms with Crippen molar-refractivity contribution in [2.75, 3.05) is 0 Å². The van der Waals surface area contributed by atoms with Gasteiger partial charge in [-0.3, -0.25) is 0 Å². The minimum Gasteiger partial charge on any atom is -0.508 e. The molecule has 0 atom stereocenters. The molecule has 0 saturated carbocycles. The summed E-state index contributed by atoms with van der Waals surface area (Å²) in [5.41, 5.74) is -3.26. The van der Waals surface area contributed by atoms with Crippen LogP contribution in [0.3, 0.4) is 0 Å². The van der Waals surface area contributed by atoms with Gasteiger partial charge in [0, 0.05) is 18.2 Å². The third-order valence-electron chi connectivity index (χ3n) is 2.93. The monoisotopic (exact) mass is 352 g/mol. The van der Waals surface area contributed by atoms with Crippen molar-refractivity contribution in [2.45, 2.75) is 19.0 Å². The van der Waals surface area contributed by atoms with Crippen LogP contribution in [0.15, 0.2) is 36.4 Å². The van der Waals surface area contributed by atoms with E-state index in [2.05, 4.69) is 0 Å². The molecule has 0 amide bonds. The third kappa shape index (κ3) is 4.46. The molecule has 0 bridgehead atoms. The van der Waals surface area contributed by atoms with Crippen molar-refractivity contribution in [3.8, 4) is 17.2 Å². The molecule has 0 aliphatic heterocycles. The number of ether oxygens (including phenoxy) is 1. The predicted octanol–water partition coefficient (Wildman–Crippen LogP) is 4.71. The van der Waals surface area contributed by atoms with Crippen molar-refractivity contribution < 1.29 is 41.3 Å². The lowest BCUT2D eigenvalue weighted by molar-refractivity contribution is -0.143. The standard InChI is InChI=1S/C15H10F6O3/c16-14(17,18)9-1-8(2-10(3-9)15(19,20)21)7-24-13-5-11(22)4-12(23)6-13/h1-6,22-23H,7H2. The van der Waals surface area contributed by atoms with Crippen molar-refractivity contribution >= 4 is 0 Å². The van der Waals surface area contributed by atoms with Crippen LogP contribution in [0.2, 0.25) is 0 Å². The fourth-order valence-corrected chi connectivity index (χ4v) is 1.92. The van der Waals surface area contributed by atoms with E-state index in [1.165, 1.54) is 0 Å². The van der Waals surface area contributed by atoms with Crippen molar-refractivity contribution in [3.05, 3.63) is 53.1 Å². The van der Waals surface area contributed by atoms with E-state index in [0.29, 0.717) is 12.1 Å². The summed E-state index contributed by atoms with van der Waals surface area (Å²) in [4.78, 5) is 0. The second-order valence-corrected chi connectivity index (χ2v) is 4.89. The van der Waals surface area contributed by atoms with Crippen LogP contribution in [0.5, 0.6) is 17.2 Å². The van der Waals surface area contributed by atoms with Crippen LogP contribution in [0.4, 0.5) is 26.3 Å². The molecule has 2 N–H and O–H groups in total. The van der Waals surface area contributed by atoms with E-state index in [4.69, 9.17) is 4.74 Å². The molecular weight excluding hydrogens is 342 g/mol. The van der Waals surface area contributed by atoms with Crippen molar-refractivity contribution in [1.82, 2.24) is 0 Å². The predicted molar refractivity (Wildman–Crippen MR) is 70.5 cm³/mol. The number of alkyl halides is 6. The Morgan fingerprint density at radius 2 is 1.17 bits per heavy atom. The number of hydrogen-bond acceptors (Lipinski definition) is 3. The zero-order chi connectivity index (χ0) is 18.1. The van der Waals surface area contributed by atoms with E-state index in [9.17, 15) is 36.6 Å². The van der Waals surface area contributed by atoms with Crippen LogP contribution >= 0.6 is 0 Å². The first-order valence-electron chi connectivity index (χ1n) is 6.39. The van der Waals surface area contributed by atoms with E-state index in [1.807, 2.05) is 0 Å². The number of hydrogen-bond donors (Lipinski definition) is 2. The molecule has 0 spiro atoms. The molecular formula is C15H10F6O3. The zero-order valence-electron chi connectivity index (χ0n) is 11.7. The summed E-state index contributed by atoms with van der Waals surface area (Å²) in [5, 5.41) is 18.5. The maximum atomic E-state index is 12.7. The smallest absolute Gasteiger partial charge is 0.416 e.